The van der Waals surface area contributed by atoms with Gasteiger partial charge in [-0.3, -0.25) is 13.9 Å². The number of hydrazone groups is 1. The largest absolute Gasteiger partial charge is 0.322 e. The fourth-order valence-electron chi connectivity index (χ4n) is 3.14. The number of halogens is 1. The van der Waals surface area contributed by atoms with Crippen LogP contribution in [0.25, 0.3) is 0 Å². The van der Waals surface area contributed by atoms with Crippen molar-refractivity contribution in [3.63, 3.8) is 0 Å². The molecule has 2 N–H and O–H groups in total. The zero-order valence-corrected chi connectivity index (χ0v) is 21.0. The Morgan fingerprint density at radius 3 is 2.29 bits per heavy atom. The minimum absolute atomic E-state index is 0.315. The lowest BCUT2D eigenvalue weighted by atomic mass is 10.1. The molecular weight excluding hydrogens is 488 g/mol. The zero-order valence-electron chi connectivity index (χ0n) is 19.4. The molecule has 0 fully saturated rings. The quantitative estimate of drug-likeness (QED) is 0.348. The summed E-state index contributed by atoms with van der Waals surface area (Å²) in [5.41, 5.74) is 5.84. The molecule has 35 heavy (non-hydrogen) atoms. The van der Waals surface area contributed by atoms with Gasteiger partial charge in [-0.25, -0.2) is 13.8 Å². The van der Waals surface area contributed by atoms with E-state index in [2.05, 4.69) is 15.8 Å². The molecule has 0 aliphatic heterocycles. The summed E-state index contributed by atoms with van der Waals surface area (Å²) in [6.07, 6.45) is 1.04. The average Bonchev–Trinajstić information content (AvgIpc) is 2.81. The highest BCUT2D eigenvalue weighted by molar-refractivity contribution is 7.92. The molecule has 8 nitrogen and oxygen atoms in total. The normalized spacial score (nSPS) is 11.6. The Kier molecular flexibility index (Phi) is 8.26. The summed E-state index contributed by atoms with van der Waals surface area (Å²) >= 11 is 5.95. The maximum atomic E-state index is 12.5. The minimum atomic E-state index is -3.68. The van der Waals surface area contributed by atoms with Gasteiger partial charge in [0.05, 0.1) is 17.7 Å². The van der Waals surface area contributed by atoms with Gasteiger partial charge in [0.15, 0.2) is 0 Å². The van der Waals surface area contributed by atoms with Gasteiger partial charge in [0, 0.05) is 16.3 Å². The Morgan fingerprint density at radius 1 is 0.971 bits per heavy atom. The molecule has 3 aromatic rings. The Morgan fingerprint density at radius 2 is 1.63 bits per heavy atom. The lowest BCUT2D eigenvalue weighted by Gasteiger charge is -2.21. The van der Waals surface area contributed by atoms with Crippen molar-refractivity contribution < 1.29 is 18.0 Å². The second-order valence-electron chi connectivity index (χ2n) is 7.88. The molecule has 0 spiro atoms. The number of amides is 2. The molecule has 0 saturated heterocycles. The number of hydrogen-bond acceptors (Lipinski definition) is 5. The average molecular weight is 513 g/mol. The van der Waals surface area contributed by atoms with Crippen LogP contribution >= 0.6 is 11.6 Å². The lowest BCUT2D eigenvalue weighted by molar-refractivity contribution is -0.119. The van der Waals surface area contributed by atoms with Gasteiger partial charge in [-0.15, -0.1) is 0 Å². The third-order valence-corrected chi connectivity index (χ3v) is 6.36. The molecule has 2 amide bonds. The number of carbonyl (C=O) groups excluding carboxylic acids is 2. The fourth-order valence-corrected chi connectivity index (χ4v) is 4.19. The zero-order chi connectivity index (χ0) is 25.6. The van der Waals surface area contributed by atoms with E-state index in [0.29, 0.717) is 33.2 Å². The topological polar surface area (TPSA) is 108 Å². The highest BCUT2D eigenvalue weighted by Gasteiger charge is 2.20. The first-order chi connectivity index (χ1) is 16.5. The van der Waals surface area contributed by atoms with Gasteiger partial charge in [-0.1, -0.05) is 47.5 Å². The number of anilines is 2. The maximum absolute atomic E-state index is 12.5. The SMILES string of the molecule is C/C(=N\NC(=O)CN(c1ccc(C)cc1)S(C)(=O)=O)c1cccc(NC(=O)c2cccc(Cl)c2)c1. The van der Waals surface area contributed by atoms with Crippen LogP contribution in [-0.4, -0.2) is 38.7 Å². The summed E-state index contributed by atoms with van der Waals surface area (Å²) in [6.45, 7) is 3.15. The van der Waals surface area contributed by atoms with Crippen LogP contribution in [0.15, 0.2) is 77.9 Å². The van der Waals surface area contributed by atoms with E-state index in [-0.39, 0.29) is 5.91 Å². The lowest BCUT2D eigenvalue weighted by Crippen LogP contribution is -2.39. The molecule has 0 bridgehead atoms. The third kappa shape index (κ3) is 7.40. The number of nitrogens with zero attached hydrogens (tertiary/aromatic N) is 2. The molecule has 3 rings (SSSR count). The summed E-state index contributed by atoms with van der Waals surface area (Å²) in [5, 5.41) is 7.35. The van der Waals surface area contributed by atoms with Crippen molar-refractivity contribution in [3.8, 4) is 0 Å². The van der Waals surface area contributed by atoms with Gasteiger partial charge in [0.25, 0.3) is 11.8 Å². The van der Waals surface area contributed by atoms with Crippen molar-refractivity contribution in [2.24, 2.45) is 5.10 Å². The van der Waals surface area contributed by atoms with Crippen molar-refractivity contribution in [2.75, 3.05) is 22.4 Å². The van der Waals surface area contributed by atoms with E-state index in [1.165, 1.54) is 0 Å². The van der Waals surface area contributed by atoms with Crippen molar-refractivity contribution in [1.82, 2.24) is 5.43 Å². The molecule has 0 aromatic heterocycles. The monoisotopic (exact) mass is 512 g/mol. The van der Waals surface area contributed by atoms with Gasteiger partial charge < -0.3 is 5.32 Å². The van der Waals surface area contributed by atoms with Crippen molar-refractivity contribution in [3.05, 3.63) is 94.5 Å². The van der Waals surface area contributed by atoms with Crippen LogP contribution < -0.4 is 15.0 Å². The molecule has 0 radical (unpaired) electrons. The summed E-state index contributed by atoms with van der Waals surface area (Å²) in [4.78, 5) is 25.0. The number of aryl methyl sites for hydroxylation is 1. The van der Waals surface area contributed by atoms with E-state index in [4.69, 9.17) is 11.6 Å². The molecule has 0 aliphatic carbocycles. The number of rotatable bonds is 8. The van der Waals surface area contributed by atoms with Crippen molar-refractivity contribution >= 4 is 50.5 Å². The first-order valence-corrected chi connectivity index (χ1v) is 12.8. The first-order valence-electron chi connectivity index (χ1n) is 10.6. The van der Waals surface area contributed by atoms with Crippen LogP contribution in [0.4, 0.5) is 11.4 Å². The number of sulfonamides is 1. The van der Waals surface area contributed by atoms with Gasteiger partial charge in [-0.05, 0) is 61.9 Å². The predicted molar refractivity (Wildman–Crippen MR) is 140 cm³/mol. The van der Waals surface area contributed by atoms with Gasteiger partial charge >= 0.3 is 0 Å². The minimum Gasteiger partial charge on any atom is -0.322 e. The van der Waals surface area contributed by atoms with E-state index in [1.54, 1.807) is 79.7 Å². The highest BCUT2D eigenvalue weighted by atomic mass is 35.5. The number of benzene rings is 3. The second kappa shape index (κ2) is 11.2. The Balaban J connectivity index is 1.68. The smallest absolute Gasteiger partial charge is 0.260 e. The molecule has 10 heteroatoms. The van der Waals surface area contributed by atoms with Crippen LogP contribution in [0, 0.1) is 6.92 Å². The Hall–Kier alpha value is -3.69. The molecule has 0 atom stereocenters. The van der Waals surface area contributed by atoms with Crippen molar-refractivity contribution in [2.45, 2.75) is 13.8 Å². The third-order valence-electron chi connectivity index (χ3n) is 4.98. The van der Waals surface area contributed by atoms with Crippen LogP contribution in [0.5, 0.6) is 0 Å². The van der Waals surface area contributed by atoms with E-state index >= 15 is 0 Å². The predicted octanol–water partition coefficient (Wildman–Crippen LogP) is 4.21. The molecule has 0 unspecified atom stereocenters. The fraction of sp³-hybridized carbons (Fsp3) is 0.160. The summed E-state index contributed by atoms with van der Waals surface area (Å²) in [5.74, 6) is -0.912. The van der Waals surface area contributed by atoms with Crippen LogP contribution in [-0.2, 0) is 14.8 Å². The molecular formula is C25H25ClN4O4S. The molecule has 3 aromatic carbocycles. The standard InChI is InChI=1S/C25H25ClN4O4S/c1-17-10-12-23(13-11-17)30(35(3,33)34)16-24(31)29-28-18(2)19-6-5-9-22(15-19)27-25(32)20-7-4-8-21(26)14-20/h4-15H,16H2,1-3H3,(H,27,32)(H,29,31)/b28-18+. The van der Waals surface area contributed by atoms with E-state index < -0.39 is 22.5 Å². The Bertz CT molecular complexity index is 1370. The number of carbonyl (C=O) groups is 2. The van der Waals surface area contributed by atoms with Gasteiger partial charge in [0.1, 0.15) is 6.54 Å². The van der Waals surface area contributed by atoms with Crippen LogP contribution in [0.3, 0.4) is 0 Å². The molecule has 0 aliphatic rings. The number of nitrogens with one attached hydrogen (secondary N) is 2. The summed E-state index contributed by atoms with van der Waals surface area (Å²) < 4.78 is 25.5. The summed E-state index contributed by atoms with van der Waals surface area (Å²) in [7, 11) is -3.68. The second-order valence-corrected chi connectivity index (χ2v) is 10.2. The Labute approximate surface area is 209 Å². The molecule has 0 heterocycles. The summed E-state index contributed by atoms with van der Waals surface area (Å²) in [6, 6.07) is 20.4. The first kappa shape index (κ1) is 25.9. The van der Waals surface area contributed by atoms with Gasteiger partial charge in [0.2, 0.25) is 10.0 Å². The number of hydrogen-bond donors (Lipinski definition) is 2. The van der Waals surface area contributed by atoms with E-state index in [9.17, 15) is 18.0 Å². The highest BCUT2D eigenvalue weighted by Crippen LogP contribution is 2.18. The molecule has 0 saturated carbocycles. The maximum Gasteiger partial charge on any atom is 0.260 e. The van der Waals surface area contributed by atoms with Crippen LogP contribution in [0.1, 0.15) is 28.4 Å². The van der Waals surface area contributed by atoms with Gasteiger partial charge in [-0.2, -0.15) is 5.10 Å². The van der Waals surface area contributed by atoms with E-state index in [1.807, 2.05) is 6.92 Å². The van der Waals surface area contributed by atoms with Crippen molar-refractivity contribution in [1.29, 1.82) is 0 Å². The van der Waals surface area contributed by atoms with Crippen LogP contribution in [0.2, 0.25) is 5.02 Å². The molecule has 182 valence electrons. The van der Waals surface area contributed by atoms with E-state index in [0.717, 1.165) is 16.1 Å².